The molecule has 3 amide bonds. The van der Waals surface area contributed by atoms with Crippen molar-refractivity contribution in [1.82, 2.24) is 10.6 Å². The molecule has 0 fully saturated rings. The van der Waals surface area contributed by atoms with Crippen molar-refractivity contribution in [2.45, 2.75) is 19.5 Å². The Morgan fingerprint density at radius 3 is 2.49 bits per heavy atom. The molecule has 0 unspecified atom stereocenters. The van der Waals surface area contributed by atoms with Gasteiger partial charge in [0.05, 0.1) is 29.3 Å². The Labute approximate surface area is 221 Å². The molecule has 2 heterocycles. The third kappa shape index (κ3) is 6.44. The van der Waals surface area contributed by atoms with Crippen molar-refractivity contribution < 1.29 is 23.2 Å². The molecule has 1 atom stereocenters. The van der Waals surface area contributed by atoms with Crippen LogP contribution in [0.3, 0.4) is 0 Å². The van der Waals surface area contributed by atoms with E-state index in [1.54, 1.807) is 41.8 Å². The van der Waals surface area contributed by atoms with E-state index in [1.165, 1.54) is 34.6 Å². The van der Waals surface area contributed by atoms with E-state index in [4.69, 9.17) is 16.0 Å². The van der Waals surface area contributed by atoms with E-state index in [0.29, 0.717) is 16.2 Å². The van der Waals surface area contributed by atoms with Gasteiger partial charge in [0.15, 0.2) is 0 Å². The van der Waals surface area contributed by atoms with E-state index in [0.717, 1.165) is 11.6 Å². The first-order chi connectivity index (χ1) is 17.8. The van der Waals surface area contributed by atoms with E-state index in [9.17, 15) is 18.8 Å². The summed E-state index contributed by atoms with van der Waals surface area (Å²) in [6.07, 6.45) is 1.49. The lowest BCUT2D eigenvalue weighted by atomic mass is 10.0. The van der Waals surface area contributed by atoms with E-state index >= 15 is 0 Å². The normalized spacial score (nSPS) is 11.5. The van der Waals surface area contributed by atoms with Crippen molar-refractivity contribution in [1.29, 1.82) is 0 Å². The maximum atomic E-state index is 14.0. The van der Waals surface area contributed by atoms with Crippen LogP contribution in [0.4, 0.5) is 10.1 Å². The number of hydrogen-bond donors (Lipinski definition) is 2. The standard InChI is InChI=1S/C27H23ClFN3O4S/c1-17-6-8-18(9-7-17)25(27(35)30-15-20-4-2-12-36-20)32(19-10-11-22(29)21(28)14-19)24(33)16-31-26(34)23-5-3-13-37-23/h2-14,25H,15-16H2,1H3,(H,30,35)(H,31,34)/t25-/m1/s1. The van der Waals surface area contributed by atoms with Crippen molar-refractivity contribution in [3.63, 3.8) is 0 Å². The fraction of sp³-hybridized carbons (Fsp3) is 0.148. The van der Waals surface area contributed by atoms with Crippen LogP contribution < -0.4 is 15.5 Å². The van der Waals surface area contributed by atoms with Crippen LogP contribution in [0.2, 0.25) is 5.02 Å². The van der Waals surface area contributed by atoms with Crippen molar-refractivity contribution in [3.8, 4) is 0 Å². The summed E-state index contributed by atoms with van der Waals surface area (Å²) in [5, 5.41) is 6.93. The van der Waals surface area contributed by atoms with Gasteiger partial charge in [0.1, 0.15) is 17.6 Å². The number of rotatable bonds is 9. The van der Waals surface area contributed by atoms with Crippen LogP contribution in [0.15, 0.2) is 82.8 Å². The van der Waals surface area contributed by atoms with Crippen molar-refractivity contribution in [2.24, 2.45) is 0 Å². The van der Waals surface area contributed by atoms with Gasteiger partial charge in [0.25, 0.3) is 5.91 Å². The lowest BCUT2D eigenvalue weighted by Crippen LogP contribution is -2.47. The summed E-state index contributed by atoms with van der Waals surface area (Å²) in [6.45, 7) is 1.59. The fourth-order valence-electron chi connectivity index (χ4n) is 3.66. The number of anilines is 1. The maximum absolute atomic E-state index is 14.0. The molecule has 0 aliphatic carbocycles. The highest BCUT2D eigenvalue weighted by Crippen LogP contribution is 2.31. The van der Waals surface area contributed by atoms with E-state index in [2.05, 4.69) is 10.6 Å². The van der Waals surface area contributed by atoms with E-state index in [1.807, 2.05) is 19.1 Å². The smallest absolute Gasteiger partial charge is 0.261 e. The molecule has 0 aliphatic heterocycles. The Hall–Kier alpha value is -3.95. The third-order valence-corrected chi connectivity index (χ3v) is 6.67. The van der Waals surface area contributed by atoms with Gasteiger partial charge in [0.2, 0.25) is 11.8 Å². The Balaban J connectivity index is 1.70. The highest BCUT2D eigenvalue weighted by atomic mass is 35.5. The van der Waals surface area contributed by atoms with Crippen LogP contribution in [-0.4, -0.2) is 24.3 Å². The fourth-order valence-corrected chi connectivity index (χ4v) is 4.47. The van der Waals surface area contributed by atoms with Crippen LogP contribution in [-0.2, 0) is 16.1 Å². The Morgan fingerprint density at radius 1 is 1.05 bits per heavy atom. The van der Waals surface area contributed by atoms with Crippen LogP contribution in [0, 0.1) is 12.7 Å². The predicted molar refractivity (Wildman–Crippen MR) is 140 cm³/mol. The molecule has 4 aromatic rings. The van der Waals surface area contributed by atoms with Gasteiger partial charge in [-0.15, -0.1) is 11.3 Å². The summed E-state index contributed by atoms with van der Waals surface area (Å²) in [5.41, 5.74) is 1.67. The second kappa shape index (κ2) is 11.9. The van der Waals surface area contributed by atoms with Crippen molar-refractivity contribution in [3.05, 3.63) is 111 Å². The van der Waals surface area contributed by atoms with E-state index in [-0.39, 0.29) is 17.3 Å². The number of carbonyl (C=O) groups is 3. The first kappa shape index (κ1) is 26.1. The first-order valence-corrected chi connectivity index (χ1v) is 12.5. The average Bonchev–Trinajstić information content (AvgIpc) is 3.61. The SMILES string of the molecule is Cc1ccc([C@H](C(=O)NCc2ccco2)N(C(=O)CNC(=O)c2cccs2)c2ccc(F)c(Cl)c2)cc1. The number of hydrogen-bond acceptors (Lipinski definition) is 5. The minimum absolute atomic E-state index is 0.0928. The lowest BCUT2D eigenvalue weighted by molar-refractivity contribution is -0.126. The summed E-state index contributed by atoms with van der Waals surface area (Å²) < 4.78 is 19.3. The molecule has 2 aromatic heterocycles. The quantitative estimate of drug-likeness (QED) is 0.303. The predicted octanol–water partition coefficient (Wildman–Crippen LogP) is 5.26. The number of aryl methyl sites for hydroxylation is 1. The monoisotopic (exact) mass is 539 g/mol. The minimum atomic E-state index is -1.15. The zero-order chi connectivity index (χ0) is 26.4. The van der Waals surface area contributed by atoms with Crippen LogP contribution in [0.5, 0.6) is 0 Å². The van der Waals surface area contributed by atoms with E-state index < -0.39 is 36.1 Å². The average molecular weight is 540 g/mol. The minimum Gasteiger partial charge on any atom is -0.467 e. The second-order valence-electron chi connectivity index (χ2n) is 8.13. The molecule has 4 rings (SSSR count). The van der Waals surface area contributed by atoms with Gasteiger partial charge in [-0.1, -0.05) is 47.5 Å². The number of amides is 3. The molecule has 2 aromatic carbocycles. The zero-order valence-corrected chi connectivity index (χ0v) is 21.3. The van der Waals surface area contributed by atoms with Gasteiger partial charge in [-0.3, -0.25) is 19.3 Å². The Morgan fingerprint density at radius 2 is 1.84 bits per heavy atom. The number of thiophene rings is 1. The molecule has 0 aliphatic rings. The molecule has 190 valence electrons. The lowest BCUT2D eigenvalue weighted by Gasteiger charge is -2.32. The topological polar surface area (TPSA) is 91.7 Å². The molecule has 2 N–H and O–H groups in total. The van der Waals surface area contributed by atoms with Crippen LogP contribution >= 0.6 is 22.9 Å². The third-order valence-electron chi connectivity index (χ3n) is 5.51. The Bertz CT molecular complexity index is 1380. The molecule has 0 saturated heterocycles. The number of nitrogens with zero attached hydrogens (tertiary/aromatic N) is 1. The van der Waals surface area contributed by atoms with Gasteiger partial charge in [-0.25, -0.2) is 4.39 Å². The highest BCUT2D eigenvalue weighted by molar-refractivity contribution is 7.12. The second-order valence-corrected chi connectivity index (χ2v) is 9.49. The van der Waals surface area contributed by atoms with Crippen molar-refractivity contribution in [2.75, 3.05) is 11.4 Å². The first-order valence-electron chi connectivity index (χ1n) is 11.3. The summed E-state index contributed by atoms with van der Waals surface area (Å²) in [5.74, 6) is -1.65. The molecule has 0 saturated carbocycles. The maximum Gasteiger partial charge on any atom is 0.261 e. The zero-order valence-electron chi connectivity index (χ0n) is 19.7. The molecule has 0 radical (unpaired) electrons. The summed E-state index contributed by atoms with van der Waals surface area (Å²) in [7, 11) is 0. The molecule has 0 bridgehead atoms. The summed E-state index contributed by atoms with van der Waals surface area (Å²) in [6, 6.07) is 16.5. The largest absolute Gasteiger partial charge is 0.467 e. The molecule has 0 spiro atoms. The number of carbonyl (C=O) groups excluding carboxylic acids is 3. The molecular weight excluding hydrogens is 517 g/mol. The number of benzene rings is 2. The molecular formula is C27H23ClFN3O4S. The van der Waals surface area contributed by atoms with Gasteiger partial charge in [0, 0.05) is 5.69 Å². The Kier molecular flexibility index (Phi) is 8.37. The highest BCUT2D eigenvalue weighted by Gasteiger charge is 2.33. The molecule has 10 heteroatoms. The molecule has 7 nitrogen and oxygen atoms in total. The van der Waals surface area contributed by atoms with Crippen molar-refractivity contribution >= 4 is 46.3 Å². The van der Waals surface area contributed by atoms with Gasteiger partial charge >= 0.3 is 0 Å². The number of nitrogens with one attached hydrogen (secondary N) is 2. The van der Waals surface area contributed by atoms with Gasteiger partial charge in [-0.2, -0.15) is 0 Å². The molecule has 37 heavy (non-hydrogen) atoms. The summed E-state index contributed by atoms with van der Waals surface area (Å²) in [4.78, 5) is 41.3. The van der Waals surface area contributed by atoms with Crippen LogP contribution in [0.25, 0.3) is 0 Å². The number of halogens is 2. The van der Waals surface area contributed by atoms with Gasteiger partial charge in [-0.05, 0) is 54.3 Å². The number of furan rings is 1. The van der Waals surface area contributed by atoms with Gasteiger partial charge < -0.3 is 15.1 Å². The summed E-state index contributed by atoms with van der Waals surface area (Å²) >= 11 is 7.28. The van der Waals surface area contributed by atoms with Crippen LogP contribution in [0.1, 0.15) is 32.6 Å².